The Labute approximate surface area is 302 Å². The third-order valence-corrected chi connectivity index (χ3v) is 10.4. The van der Waals surface area contributed by atoms with Crippen LogP contribution in [0.1, 0.15) is 22.3 Å². The van der Waals surface area contributed by atoms with E-state index in [1.54, 1.807) is 6.07 Å². The van der Waals surface area contributed by atoms with E-state index in [1.807, 2.05) is 108 Å². The van der Waals surface area contributed by atoms with Crippen molar-refractivity contribution in [2.45, 2.75) is 32.2 Å². The minimum absolute atomic E-state index is 0.286. The first-order chi connectivity index (χ1) is 24.9. The Kier molecular flexibility index (Phi) is 8.86. The highest BCUT2D eigenvalue weighted by molar-refractivity contribution is 9.10. The lowest BCUT2D eigenvalue weighted by Crippen LogP contribution is -2.45. The molecule has 0 radical (unpaired) electrons. The Morgan fingerprint density at radius 3 is 2.41 bits per heavy atom. The Balaban J connectivity index is 1.16. The Morgan fingerprint density at radius 2 is 1.57 bits per heavy atom. The van der Waals surface area contributed by atoms with Crippen LogP contribution in [-0.4, -0.2) is 22.0 Å². The van der Waals surface area contributed by atoms with Crippen molar-refractivity contribution in [1.82, 2.24) is 4.90 Å². The number of carboxylic acids is 1. The lowest BCUT2D eigenvalue weighted by molar-refractivity contribution is -0.144. The van der Waals surface area contributed by atoms with Crippen LogP contribution in [0.15, 0.2) is 147 Å². The number of rotatable bonds is 9. The molecule has 7 nitrogen and oxygen atoms in total. The van der Waals surface area contributed by atoms with Crippen molar-refractivity contribution in [2.75, 3.05) is 0 Å². The van der Waals surface area contributed by atoms with Gasteiger partial charge in [-0.2, -0.15) is 0 Å². The standard InChI is InChI=1S/C43H32BrNO6/c44-41-32(14-8-16-34(41)27-9-2-1-3-10-27)26-49-33-19-17-31(25-45-24-30-13-5-4-12-29(30)21-37(45)43(47)48)38(22-33)50-39-23-40(46)51-42-35-15-7-6-11-28(35)18-20-36(39)42/h1-20,22-23,37H,21,24-26H2,(H,47,48)/t37-/m0/s1. The molecule has 1 N–H and O–H groups in total. The number of aliphatic carboxylic acids is 1. The van der Waals surface area contributed by atoms with Gasteiger partial charge in [-0.1, -0.05) is 109 Å². The van der Waals surface area contributed by atoms with Crippen molar-refractivity contribution >= 4 is 43.6 Å². The number of fused-ring (bicyclic) bond motifs is 4. The molecule has 2 heterocycles. The predicted molar refractivity (Wildman–Crippen MR) is 201 cm³/mol. The van der Waals surface area contributed by atoms with Gasteiger partial charge in [-0.05, 0) is 62.1 Å². The fourth-order valence-electron chi connectivity index (χ4n) is 6.81. The third kappa shape index (κ3) is 6.64. The van der Waals surface area contributed by atoms with Crippen molar-refractivity contribution in [1.29, 1.82) is 0 Å². The fourth-order valence-corrected chi connectivity index (χ4v) is 7.42. The molecule has 1 atom stereocenters. The number of benzene rings is 6. The van der Waals surface area contributed by atoms with Gasteiger partial charge in [-0.15, -0.1) is 0 Å². The maximum atomic E-state index is 12.9. The molecule has 252 valence electrons. The van der Waals surface area contributed by atoms with Crippen molar-refractivity contribution in [3.63, 3.8) is 0 Å². The summed E-state index contributed by atoms with van der Waals surface area (Å²) in [5.74, 6) is 0.464. The number of carbonyl (C=O) groups is 1. The van der Waals surface area contributed by atoms with E-state index >= 15 is 0 Å². The normalized spacial score (nSPS) is 14.3. The Hall–Kier alpha value is -5.70. The lowest BCUT2D eigenvalue weighted by atomic mass is 9.93. The van der Waals surface area contributed by atoms with Crippen LogP contribution in [0.25, 0.3) is 32.9 Å². The summed E-state index contributed by atoms with van der Waals surface area (Å²) in [5.41, 5.74) is 5.92. The second-order valence-corrected chi connectivity index (χ2v) is 13.4. The highest BCUT2D eigenvalue weighted by Crippen LogP contribution is 2.38. The van der Waals surface area contributed by atoms with Crippen molar-refractivity contribution in [3.05, 3.63) is 171 Å². The quantitative estimate of drug-likeness (QED) is 0.117. The lowest BCUT2D eigenvalue weighted by Gasteiger charge is -2.34. The number of carboxylic acid groups (broad SMARTS) is 1. The summed E-state index contributed by atoms with van der Waals surface area (Å²) in [7, 11) is 0. The summed E-state index contributed by atoms with van der Waals surface area (Å²) in [4.78, 5) is 27.4. The van der Waals surface area contributed by atoms with Gasteiger partial charge in [0, 0.05) is 40.1 Å². The zero-order valence-electron chi connectivity index (χ0n) is 27.4. The molecule has 1 aliphatic rings. The van der Waals surface area contributed by atoms with Crippen LogP contribution in [0.5, 0.6) is 17.2 Å². The van der Waals surface area contributed by atoms with Gasteiger partial charge < -0.3 is 19.0 Å². The third-order valence-electron chi connectivity index (χ3n) is 9.42. The Bertz CT molecular complexity index is 2480. The molecule has 0 saturated carbocycles. The smallest absolute Gasteiger partial charge is 0.339 e. The van der Waals surface area contributed by atoms with Gasteiger partial charge >= 0.3 is 11.6 Å². The highest BCUT2D eigenvalue weighted by Gasteiger charge is 2.32. The van der Waals surface area contributed by atoms with E-state index in [0.29, 0.717) is 47.7 Å². The molecule has 0 amide bonds. The molecule has 0 bridgehead atoms. The van der Waals surface area contributed by atoms with Crippen molar-refractivity contribution < 1.29 is 23.8 Å². The summed E-state index contributed by atoms with van der Waals surface area (Å²) < 4.78 is 19.6. The van der Waals surface area contributed by atoms with Gasteiger partial charge in [0.15, 0.2) is 0 Å². The molecule has 6 aromatic carbocycles. The zero-order chi connectivity index (χ0) is 34.9. The number of nitrogens with zero attached hydrogens (tertiary/aromatic N) is 1. The molecular formula is C43H32BrNO6. The van der Waals surface area contributed by atoms with E-state index in [-0.39, 0.29) is 6.61 Å². The molecule has 1 aromatic heterocycles. The average molecular weight is 739 g/mol. The van der Waals surface area contributed by atoms with E-state index < -0.39 is 17.6 Å². The molecule has 0 spiro atoms. The van der Waals surface area contributed by atoms with Crippen molar-refractivity contribution in [3.8, 4) is 28.4 Å². The second-order valence-electron chi connectivity index (χ2n) is 12.6. The topological polar surface area (TPSA) is 89.2 Å². The number of hydrogen-bond donors (Lipinski definition) is 1. The van der Waals surface area contributed by atoms with Crippen LogP contribution in [0.3, 0.4) is 0 Å². The monoisotopic (exact) mass is 737 g/mol. The molecule has 0 saturated heterocycles. The molecule has 0 fully saturated rings. The molecule has 51 heavy (non-hydrogen) atoms. The number of hydrogen-bond acceptors (Lipinski definition) is 6. The van der Waals surface area contributed by atoms with Crippen molar-refractivity contribution in [2.24, 2.45) is 0 Å². The maximum Gasteiger partial charge on any atom is 0.339 e. The molecule has 8 rings (SSSR count). The first kappa shape index (κ1) is 32.5. The van der Waals surface area contributed by atoms with Gasteiger partial charge in [-0.3, -0.25) is 9.69 Å². The predicted octanol–water partition coefficient (Wildman–Crippen LogP) is 9.76. The van der Waals surface area contributed by atoms with Gasteiger partial charge in [0.1, 0.15) is 35.5 Å². The van der Waals surface area contributed by atoms with Gasteiger partial charge in [0.2, 0.25) is 0 Å². The van der Waals surface area contributed by atoms with Crippen LogP contribution in [0.4, 0.5) is 0 Å². The van der Waals surface area contributed by atoms with Crippen LogP contribution < -0.4 is 15.1 Å². The molecule has 8 heteroatoms. The van der Waals surface area contributed by atoms with E-state index in [4.69, 9.17) is 13.9 Å². The van der Waals surface area contributed by atoms with Gasteiger partial charge in [0.25, 0.3) is 0 Å². The molecule has 1 aliphatic heterocycles. The minimum Gasteiger partial charge on any atom is -0.489 e. The maximum absolute atomic E-state index is 12.9. The van der Waals surface area contributed by atoms with Crippen LogP contribution in [0.2, 0.25) is 0 Å². The fraction of sp³-hybridized carbons (Fsp3) is 0.116. The first-order valence-corrected chi connectivity index (χ1v) is 17.5. The summed E-state index contributed by atoms with van der Waals surface area (Å²) in [5, 5.41) is 12.6. The van der Waals surface area contributed by atoms with E-state index in [9.17, 15) is 14.7 Å². The van der Waals surface area contributed by atoms with Crippen LogP contribution in [0, 0.1) is 0 Å². The molecule has 0 unspecified atom stereocenters. The largest absolute Gasteiger partial charge is 0.489 e. The van der Waals surface area contributed by atoms with Gasteiger partial charge in [0.05, 0.1) is 11.5 Å². The average Bonchev–Trinajstić information content (AvgIpc) is 3.15. The van der Waals surface area contributed by atoms with E-state index in [0.717, 1.165) is 48.6 Å². The second kappa shape index (κ2) is 13.9. The Morgan fingerprint density at radius 1 is 0.784 bits per heavy atom. The molecule has 0 aliphatic carbocycles. The minimum atomic E-state index is -0.881. The molecular weight excluding hydrogens is 706 g/mol. The number of ether oxygens (including phenoxy) is 2. The van der Waals surface area contributed by atoms with E-state index in [1.165, 1.54) is 6.07 Å². The van der Waals surface area contributed by atoms with E-state index in [2.05, 4.69) is 34.1 Å². The summed E-state index contributed by atoms with van der Waals surface area (Å²) in [6.07, 6.45) is 0.400. The number of halogens is 1. The summed E-state index contributed by atoms with van der Waals surface area (Å²) in [6, 6.07) is 42.0. The van der Waals surface area contributed by atoms with Crippen LogP contribution in [-0.2, 0) is 30.9 Å². The summed E-state index contributed by atoms with van der Waals surface area (Å²) >= 11 is 3.80. The van der Waals surface area contributed by atoms with Gasteiger partial charge in [-0.25, -0.2) is 4.79 Å². The molecule has 7 aromatic rings. The summed E-state index contributed by atoms with van der Waals surface area (Å²) in [6.45, 7) is 1.06. The highest BCUT2D eigenvalue weighted by atomic mass is 79.9. The SMILES string of the molecule is O=C(O)[C@@H]1Cc2ccccc2CN1Cc1ccc(OCc2cccc(-c3ccccc3)c2Br)cc1Oc1cc(=O)oc2c1ccc1ccccc12. The first-order valence-electron chi connectivity index (χ1n) is 16.7. The zero-order valence-corrected chi connectivity index (χ0v) is 29.0. The van der Waals surface area contributed by atoms with Crippen LogP contribution >= 0.6 is 15.9 Å².